The van der Waals surface area contributed by atoms with Gasteiger partial charge in [-0.05, 0) is 49.8 Å². The molecule has 0 radical (unpaired) electrons. The molecule has 0 N–H and O–H groups in total. The van der Waals surface area contributed by atoms with Crippen LogP contribution in [-0.2, 0) is 9.53 Å². The van der Waals surface area contributed by atoms with Crippen LogP contribution < -0.4 is 0 Å². The lowest BCUT2D eigenvalue weighted by atomic mass is 10.1. The summed E-state index contributed by atoms with van der Waals surface area (Å²) in [5.41, 5.74) is 3.19. The van der Waals surface area contributed by atoms with E-state index in [1.807, 2.05) is 19.9 Å². The van der Waals surface area contributed by atoms with Gasteiger partial charge in [-0.1, -0.05) is 0 Å². The van der Waals surface area contributed by atoms with Crippen LogP contribution in [0.1, 0.15) is 16.3 Å². The largest absolute Gasteiger partial charge is 0.437 e. The zero-order valence-electron chi connectivity index (χ0n) is 10.2. The highest BCUT2D eigenvalue weighted by Gasteiger charge is 2.03. The molecule has 0 spiro atoms. The zero-order valence-corrected chi connectivity index (χ0v) is 11.0. The molecule has 0 aliphatic carbocycles. The minimum atomic E-state index is 0.403. The Bertz CT molecular complexity index is 567. The molecule has 0 bridgehead atoms. The molecule has 2 rings (SSSR count). The molecule has 0 fully saturated rings. The number of aryl methyl sites for hydroxylation is 2. The number of hydrogen-bond acceptors (Lipinski definition) is 4. The van der Waals surface area contributed by atoms with Crippen LogP contribution in [-0.4, -0.2) is 11.5 Å². The summed E-state index contributed by atoms with van der Waals surface area (Å²) in [6.45, 7) is 4.38. The smallest absolute Gasteiger partial charge is 0.297 e. The maximum atomic E-state index is 10.0. The van der Waals surface area contributed by atoms with Crippen molar-refractivity contribution in [3.63, 3.8) is 0 Å². The van der Waals surface area contributed by atoms with Crippen LogP contribution in [0.3, 0.4) is 0 Å². The van der Waals surface area contributed by atoms with Gasteiger partial charge in [-0.15, -0.1) is 11.3 Å². The number of ether oxygens (including phenoxy) is 1. The van der Waals surface area contributed by atoms with Crippen LogP contribution >= 0.6 is 11.3 Å². The zero-order chi connectivity index (χ0) is 13.0. The second-order valence-electron chi connectivity index (χ2n) is 3.88. The summed E-state index contributed by atoms with van der Waals surface area (Å²) in [5, 5.41) is 0. The van der Waals surface area contributed by atoms with E-state index >= 15 is 0 Å². The van der Waals surface area contributed by atoms with Gasteiger partial charge >= 0.3 is 0 Å². The summed E-state index contributed by atoms with van der Waals surface area (Å²) < 4.78 is 4.53. The molecule has 0 aromatic carbocycles. The van der Waals surface area contributed by atoms with Gasteiger partial charge in [0.1, 0.15) is 0 Å². The van der Waals surface area contributed by atoms with E-state index in [1.54, 1.807) is 17.4 Å². The summed E-state index contributed by atoms with van der Waals surface area (Å²) in [6.07, 6.45) is 3.15. The lowest BCUT2D eigenvalue weighted by Crippen LogP contribution is -1.86. The van der Waals surface area contributed by atoms with Gasteiger partial charge in [-0.25, -0.2) is 0 Å². The average Bonchev–Trinajstić information content (AvgIpc) is 2.77. The van der Waals surface area contributed by atoms with Crippen LogP contribution in [0.25, 0.3) is 16.5 Å². The molecule has 0 aliphatic heterocycles. The highest BCUT2D eigenvalue weighted by Crippen LogP contribution is 2.29. The quantitative estimate of drug-likeness (QED) is 0.622. The molecule has 3 nitrogen and oxygen atoms in total. The first-order chi connectivity index (χ1) is 8.69. The first-order valence-electron chi connectivity index (χ1n) is 5.50. The summed E-state index contributed by atoms with van der Waals surface area (Å²) >= 11 is 1.64. The Hall–Kier alpha value is -1.94. The topological polar surface area (TPSA) is 39.2 Å². The van der Waals surface area contributed by atoms with Crippen LogP contribution in [0.4, 0.5) is 0 Å². The molecular weight excluding hydrogens is 246 g/mol. The van der Waals surface area contributed by atoms with Gasteiger partial charge in [-0.2, -0.15) is 0 Å². The van der Waals surface area contributed by atoms with Gasteiger partial charge in [0.05, 0.1) is 6.26 Å². The second kappa shape index (κ2) is 5.60. The van der Waals surface area contributed by atoms with Crippen molar-refractivity contribution in [2.45, 2.75) is 13.8 Å². The summed E-state index contributed by atoms with van der Waals surface area (Å²) in [5.74, 6) is 0. The molecule has 2 heterocycles. The maximum absolute atomic E-state index is 10.0. The first-order valence-corrected chi connectivity index (χ1v) is 6.32. The van der Waals surface area contributed by atoms with Crippen molar-refractivity contribution in [1.82, 2.24) is 4.98 Å². The van der Waals surface area contributed by atoms with E-state index in [2.05, 4.69) is 27.9 Å². The third kappa shape index (κ3) is 3.05. The monoisotopic (exact) mass is 259 g/mol. The number of aromatic nitrogens is 1. The average molecular weight is 259 g/mol. The van der Waals surface area contributed by atoms with Gasteiger partial charge in [0.15, 0.2) is 0 Å². The molecule has 4 heteroatoms. The molecule has 92 valence electrons. The Morgan fingerprint density at radius 1 is 1.22 bits per heavy atom. The van der Waals surface area contributed by atoms with Crippen molar-refractivity contribution < 1.29 is 9.53 Å². The van der Waals surface area contributed by atoms with Gasteiger partial charge < -0.3 is 4.74 Å². The highest BCUT2D eigenvalue weighted by molar-refractivity contribution is 7.16. The predicted molar refractivity (Wildman–Crippen MR) is 73.2 cm³/mol. The number of nitrogens with zero attached hydrogens (tertiary/aromatic N) is 1. The molecule has 0 aliphatic rings. The van der Waals surface area contributed by atoms with Gasteiger partial charge in [0.2, 0.25) is 0 Å². The van der Waals surface area contributed by atoms with E-state index in [4.69, 9.17) is 0 Å². The summed E-state index contributed by atoms with van der Waals surface area (Å²) in [6, 6.07) is 8.18. The molecule has 18 heavy (non-hydrogen) atoms. The van der Waals surface area contributed by atoms with Crippen molar-refractivity contribution in [2.75, 3.05) is 0 Å². The maximum Gasteiger partial charge on any atom is 0.297 e. The van der Waals surface area contributed by atoms with E-state index in [1.165, 1.54) is 16.7 Å². The predicted octanol–water partition coefficient (Wildman–Crippen LogP) is 3.57. The fourth-order valence-electron chi connectivity index (χ4n) is 1.71. The minimum absolute atomic E-state index is 0.403. The summed E-state index contributed by atoms with van der Waals surface area (Å²) in [4.78, 5) is 16.6. The van der Waals surface area contributed by atoms with Crippen molar-refractivity contribution >= 4 is 23.9 Å². The van der Waals surface area contributed by atoms with Crippen LogP contribution in [0, 0.1) is 13.8 Å². The normalized spacial score (nSPS) is 10.8. The van der Waals surface area contributed by atoms with Gasteiger partial charge in [0, 0.05) is 21.1 Å². The van der Waals surface area contributed by atoms with E-state index in [-0.39, 0.29) is 0 Å². The van der Waals surface area contributed by atoms with Crippen LogP contribution in [0.2, 0.25) is 0 Å². The Labute approximate surface area is 110 Å². The van der Waals surface area contributed by atoms with E-state index in [0.717, 1.165) is 16.3 Å². The van der Waals surface area contributed by atoms with E-state index in [0.29, 0.717) is 6.47 Å². The number of carbonyl (C=O) groups is 1. The Morgan fingerprint density at radius 2 is 1.94 bits per heavy atom. The number of rotatable bonds is 4. The van der Waals surface area contributed by atoms with E-state index < -0.39 is 0 Å². The molecule has 0 saturated heterocycles. The molecular formula is C14H13NO2S. The lowest BCUT2D eigenvalue weighted by molar-refractivity contribution is -0.123. The second-order valence-corrected chi connectivity index (χ2v) is 4.99. The first kappa shape index (κ1) is 12.5. The molecule has 2 aromatic rings. The van der Waals surface area contributed by atoms with Gasteiger partial charge in [0.25, 0.3) is 6.47 Å². The van der Waals surface area contributed by atoms with Crippen molar-refractivity contribution in [1.29, 1.82) is 0 Å². The number of pyridine rings is 1. The Balaban J connectivity index is 2.26. The number of thiophene rings is 1. The van der Waals surface area contributed by atoms with Crippen molar-refractivity contribution in [3.05, 3.63) is 46.8 Å². The standard InChI is InChI=1S/C14H13NO2S/c1-10-7-12(8-11(2)15-10)14-4-3-13(18-14)5-6-17-9-16/h3-9H,1-2H3. The Morgan fingerprint density at radius 3 is 2.61 bits per heavy atom. The summed E-state index contributed by atoms with van der Waals surface area (Å²) in [7, 11) is 0. The molecule has 0 amide bonds. The third-order valence-electron chi connectivity index (χ3n) is 2.36. The number of carbonyl (C=O) groups excluding carboxylic acids is 1. The minimum Gasteiger partial charge on any atom is -0.437 e. The Kier molecular flexibility index (Phi) is 3.89. The molecule has 0 atom stereocenters. The fourth-order valence-corrected chi connectivity index (χ4v) is 2.60. The van der Waals surface area contributed by atoms with Crippen molar-refractivity contribution in [2.24, 2.45) is 0 Å². The lowest BCUT2D eigenvalue weighted by Gasteiger charge is -2.01. The van der Waals surface area contributed by atoms with Gasteiger partial charge in [-0.3, -0.25) is 9.78 Å². The van der Waals surface area contributed by atoms with Crippen LogP contribution in [0.15, 0.2) is 30.5 Å². The third-order valence-corrected chi connectivity index (χ3v) is 3.46. The molecule has 2 aromatic heterocycles. The fraction of sp³-hybridized carbons (Fsp3) is 0.143. The van der Waals surface area contributed by atoms with Crippen molar-refractivity contribution in [3.8, 4) is 10.4 Å². The number of hydrogen-bond donors (Lipinski definition) is 0. The molecule has 0 saturated carbocycles. The SMILES string of the molecule is Cc1cc(-c2ccc(C=COC=O)s2)cc(C)n1. The molecule has 0 unspecified atom stereocenters. The van der Waals surface area contributed by atoms with Crippen LogP contribution in [0.5, 0.6) is 0 Å². The highest BCUT2D eigenvalue weighted by atomic mass is 32.1. The van der Waals surface area contributed by atoms with E-state index in [9.17, 15) is 4.79 Å².